The number of rotatable bonds is 5. The van der Waals surface area contributed by atoms with Crippen molar-refractivity contribution < 1.29 is 4.74 Å². The van der Waals surface area contributed by atoms with E-state index in [2.05, 4.69) is 57.5 Å². The zero-order valence-electron chi connectivity index (χ0n) is 25.1. The van der Waals surface area contributed by atoms with Crippen LogP contribution in [0.25, 0.3) is 16.9 Å². The zero-order chi connectivity index (χ0) is 28.8. The van der Waals surface area contributed by atoms with E-state index >= 15 is 0 Å². The summed E-state index contributed by atoms with van der Waals surface area (Å²) in [6, 6.07) is 9.00. The third-order valence-electron chi connectivity index (χ3n) is 7.61. The molecule has 5 heterocycles. The number of aryl methyl sites for hydroxylation is 2. The second-order valence-electron chi connectivity index (χ2n) is 10.9. The maximum absolute atomic E-state index is 6.17. The van der Waals surface area contributed by atoms with E-state index in [-0.39, 0.29) is 6.04 Å². The van der Waals surface area contributed by atoms with Crippen molar-refractivity contribution in [3.63, 3.8) is 0 Å². The number of benzene rings is 1. The lowest BCUT2D eigenvalue weighted by molar-refractivity contribution is 0.146. The predicted molar refractivity (Wildman–Crippen MR) is 163 cm³/mol. The van der Waals surface area contributed by atoms with Crippen LogP contribution in [0.1, 0.15) is 71.3 Å². The van der Waals surface area contributed by atoms with Gasteiger partial charge in [0.15, 0.2) is 11.5 Å². The maximum atomic E-state index is 6.17. The molecule has 2 unspecified atom stereocenters. The molecule has 0 spiro atoms. The normalized spacial score (nSPS) is 18.5. The van der Waals surface area contributed by atoms with Gasteiger partial charge in [0.1, 0.15) is 17.7 Å². The number of imidazole rings is 1. The van der Waals surface area contributed by atoms with Gasteiger partial charge in [-0.15, -0.1) is 10.2 Å². The lowest BCUT2D eigenvalue weighted by Gasteiger charge is -2.44. The molecule has 2 aliphatic heterocycles. The summed E-state index contributed by atoms with van der Waals surface area (Å²) in [6.45, 7) is 17.7. The Kier molecular flexibility index (Phi) is 10.4. The monoisotopic (exact) mass is 568 g/mol. The topological polar surface area (TPSA) is 76.6 Å². The number of aromatic nitrogens is 6. The Bertz CT molecular complexity index is 1350. The molecule has 2 fully saturated rings. The molecule has 3 aromatic heterocycles. The summed E-state index contributed by atoms with van der Waals surface area (Å²) in [5, 5.41) is 9.10. The summed E-state index contributed by atoms with van der Waals surface area (Å²) in [5.41, 5.74) is 3.21. The molecule has 2 aliphatic rings. The van der Waals surface area contributed by atoms with E-state index in [9.17, 15) is 0 Å². The van der Waals surface area contributed by atoms with E-state index in [1.54, 1.807) is 6.33 Å². The second kappa shape index (κ2) is 13.7. The highest BCUT2D eigenvalue weighted by Gasteiger charge is 2.32. The van der Waals surface area contributed by atoms with Crippen LogP contribution in [-0.2, 0) is 11.8 Å². The minimum Gasteiger partial charge on any atom is -0.381 e. The summed E-state index contributed by atoms with van der Waals surface area (Å²) in [7, 11) is 2.03. The van der Waals surface area contributed by atoms with Crippen LogP contribution in [0.5, 0.6) is 0 Å². The molecule has 0 saturated carbocycles. The van der Waals surface area contributed by atoms with Gasteiger partial charge in [-0.05, 0) is 56.7 Å². The van der Waals surface area contributed by atoms with Crippen molar-refractivity contribution in [2.75, 3.05) is 37.7 Å². The molecule has 4 aromatic rings. The van der Waals surface area contributed by atoms with Crippen molar-refractivity contribution in [1.82, 2.24) is 34.0 Å². The Labute approximate surface area is 243 Å². The van der Waals surface area contributed by atoms with E-state index < -0.39 is 0 Å². The quantitative estimate of drug-likeness (QED) is 0.288. The van der Waals surface area contributed by atoms with E-state index in [1.165, 1.54) is 18.4 Å². The summed E-state index contributed by atoms with van der Waals surface area (Å²) in [6.07, 6.45) is 5.38. The van der Waals surface area contributed by atoms with E-state index in [4.69, 9.17) is 26.3 Å². The maximum Gasteiger partial charge on any atom is 0.258 e. The highest BCUT2D eigenvalue weighted by Crippen LogP contribution is 2.33. The highest BCUT2D eigenvalue weighted by atomic mass is 35.5. The number of hydrogen-bond donors (Lipinski definition) is 0. The zero-order valence-corrected chi connectivity index (χ0v) is 25.9. The molecule has 218 valence electrons. The summed E-state index contributed by atoms with van der Waals surface area (Å²) in [4.78, 5) is 14.7. The summed E-state index contributed by atoms with van der Waals surface area (Å²) in [5.74, 6) is 3.05. The minimum absolute atomic E-state index is 0.282. The van der Waals surface area contributed by atoms with Crippen LogP contribution >= 0.6 is 11.6 Å². The summed E-state index contributed by atoms with van der Waals surface area (Å²) < 4.78 is 8.94. The van der Waals surface area contributed by atoms with Crippen LogP contribution in [0.3, 0.4) is 0 Å². The van der Waals surface area contributed by atoms with Gasteiger partial charge >= 0.3 is 0 Å². The number of nitrogens with zero attached hydrogens (tertiary/aromatic N) is 8. The van der Waals surface area contributed by atoms with Crippen molar-refractivity contribution >= 4 is 34.4 Å². The Balaban J connectivity index is 0.000000469. The lowest BCUT2D eigenvalue weighted by atomic mass is 9.94. The molecule has 10 heteroatoms. The molecule has 0 bridgehead atoms. The number of piperazine rings is 1. The number of ether oxygens (including phenoxy) is 1. The fourth-order valence-electron chi connectivity index (χ4n) is 5.55. The number of anilines is 1. The molecule has 0 aliphatic carbocycles. The van der Waals surface area contributed by atoms with Crippen molar-refractivity contribution in [2.24, 2.45) is 13.0 Å². The Morgan fingerprint density at radius 2 is 1.75 bits per heavy atom. The van der Waals surface area contributed by atoms with E-state index in [0.29, 0.717) is 17.7 Å². The van der Waals surface area contributed by atoms with Crippen LogP contribution in [0.2, 0.25) is 5.02 Å². The first-order valence-corrected chi connectivity index (χ1v) is 15.1. The summed E-state index contributed by atoms with van der Waals surface area (Å²) >= 11 is 6.17. The second-order valence-corrected chi connectivity index (χ2v) is 11.3. The number of hydrogen-bond acceptors (Lipinski definition) is 7. The Hall–Kier alpha value is -2.75. The van der Waals surface area contributed by atoms with E-state index in [0.717, 1.165) is 67.1 Å². The van der Waals surface area contributed by atoms with Crippen molar-refractivity contribution in [3.05, 3.63) is 47.0 Å². The highest BCUT2D eigenvalue weighted by molar-refractivity contribution is 6.30. The smallest absolute Gasteiger partial charge is 0.258 e. The first kappa shape index (κ1) is 30.2. The van der Waals surface area contributed by atoms with Gasteiger partial charge in [0.2, 0.25) is 0 Å². The van der Waals surface area contributed by atoms with Gasteiger partial charge in [-0.25, -0.2) is 9.38 Å². The Morgan fingerprint density at radius 3 is 2.35 bits per heavy atom. The van der Waals surface area contributed by atoms with Gasteiger partial charge in [-0.1, -0.05) is 51.4 Å². The first-order valence-electron chi connectivity index (χ1n) is 14.7. The predicted octanol–water partition coefficient (Wildman–Crippen LogP) is 6.09. The van der Waals surface area contributed by atoms with Crippen molar-refractivity contribution in [2.45, 2.75) is 72.9 Å². The third kappa shape index (κ3) is 6.58. The number of fused-ring (bicyclic) bond motifs is 3. The van der Waals surface area contributed by atoms with Crippen LogP contribution in [0, 0.1) is 12.8 Å². The van der Waals surface area contributed by atoms with Gasteiger partial charge in [-0.3, -0.25) is 4.90 Å². The SMILES string of the molecule is C1CCOC1.CC.Cc1nc2c(N3CCN(C(CC(C)C)c4ccc(Cl)cc4)CC3C)nc3nncn3c2n1C. The van der Waals surface area contributed by atoms with Crippen molar-refractivity contribution in [1.29, 1.82) is 0 Å². The van der Waals surface area contributed by atoms with Gasteiger partial charge < -0.3 is 14.2 Å². The van der Waals surface area contributed by atoms with Gasteiger partial charge in [0.25, 0.3) is 5.78 Å². The molecule has 0 radical (unpaired) electrons. The van der Waals surface area contributed by atoms with Crippen LogP contribution in [0.4, 0.5) is 5.82 Å². The molecule has 40 heavy (non-hydrogen) atoms. The molecule has 0 amide bonds. The van der Waals surface area contributed by atoms with Crippen LogP contribution in [-0.4, -0.2) is 72.9 Å². The van der Waals surface area contributed by atoms with Crippen LogP contribution in [0.15, 0.2) is 30.6 Å². The minimum atomic E-state index is 0.282. The molecular weight excluding hydrogens is 524 g/mol. The third-order valence-corrected chi connectivity index (χ3v) is 7.86. The fourth-order valence-corrected chi connectivity index (χ4v) is 5.67. The molecule has 0 N–H and O–H groups in total. The fraction of sp³-hybridized carbons (Fsp3) is 0.600. The average molecular weight is 569 g/mol. The molecule has 2 atom stereocenters. The Morgan fingerprint density at radius 1 is 1.05 bits per heavy atom. The first-order chi connectivity index (χ1) is 19.3. The van der Waals surface area contributed by atoms with Gasteiger partial charge in [-0.2, -0.15) is 4.98 Å². The molecule has 9 nitrogen and oxygen atoms in total. The van der Waals surface area contributed by atoms with Crippen LogP contribution < -0.4 is 4.90 Å². The molecule has 6 rings (SSSR count). The molecular formula is C30H45ClN8O. The molecule has 1 aromatic carbocycles. The van der Waals surface area contributed by atoms with E-state index in [1.807, 2.05) is 44.4 Å². The largest absolute Gasteiger partial charge is 0.381 e. The van der Waals surface area contributed by atoms with Gasteiger partial charge in [0, 0.05) is 57.0 Å². The van der Waals surface area contributed by atoms with Gasteiger partial charge in [0.05, 0.1) is 0 Å². The standard InChI is InChI=1S/C24H31ClN8.C4H8O.C2H6/c1-15(2)12-20(18-6-8-19(25)9-7-18)31-10-11-32(16(3)13-31)22-21-23(30(5)17(4)27-21)33-14-26-29-24(33)28-22;1-2-4-5-3-1;1-2/h6-9,14-16,20H,10-13H2,1-5H3;1-4H2;1-2H3. The van der Waals surface area contributed by atoms with Crippen molar-refractivity contribution in [3.8, 4) is 0 Å². The average Bonchev–Trinajstić information content (AvgIpc) is 3.72. The number of halogens is 1. The molecule has 2 saturated heterocycles. The lowest BCUT2D eigenvalue weighted by Crippen LogP contribution is -2.53.